The molecule has 3 rings (SSSR count). The Morgan fingerprint density at radius 3 is 2.59 bits per heavy atom. The van der Waals surface area contributed by atoms with Gasteiger partial charge in [-0.2, -0.15) is 0 Å². The van der Waals surface area contributed by atoms with E-state index in [2.05, 4.69) is 4.99 Å². The van der Waals surface area contributed by atoms with Gasteiger partial charge >= 0.3 is 5.97 Å². The first kappa shape index (κ1) is 18.8. The van der Waals surface area contributed by atoms with Crippen LogP contribution in [0.4, 0.5) is 5.69 Å². The molecule has 2 N–H and O–H groups in total. The van der Waals surface area contributed by atoms with Gasteiger partial charge in [-0.1, -0.05) is 36.0 Å². The summed E-state index contributed by atoms with van der Waals surface area (Å²) in [7, 11) is 0. The molecular weight excluding hydrogens is 362 g/mol. The largest absolute Gasteiger partial charge is 0.508 e. The second-order valence-electron chi connectivity index (χ2n) is 5.90. The van der Waals surface area contributed by atoms with Crippen LogP contribution in [0.5, 0.6) is 5.75 Å². The molecule has 0 saturated carbocycles. The number of benzene rings is 2. The van der Waals surface area contributed by atoms with Gasteiger partial charge in [0.25, 0.3) is 0 Å². The second-order valence-corrected chi connectivity index (χ2v) is 6.93. The van der Waals surface area contributed by atoms with Crippen LogP contribution in [0.3, 0.4) is 0 Å². The van der Waals surface area contributed by atoms with Gasteiger partial charge < -0.3 is 14.9 Å². The summed E-state index contributed by atoms with van der Waals surface area (Å²) >= 11 is 1.20. The van der Waals surface area contributed by atoms with E-state index in [1.807, 2.05) is 31.2 Å². The lowest BCUT2D eigenvalue weighted by atomic mass is 10.1. The fourth-order valence-electron chi connectivity index (χ4n) is 2.53. The fourth-order valence-corrected chi connectivity index (χ4v) is 3.56. The van der Waals surface area contributed by atoms with E-state index in [0.717, 1.165) is 11.1 Å². The number of aliphatic imine (C=N–C) groups is 1. The Kier molecular flexibility index (Phi) is 5.66. The van der Waals surface area contributed by atoms with Crippen LogP contribution in [0.2, 0.25) is 0 Å². The predicted octanol–water partition coefficient (Wildman–Crippen LogP) is 4.89. The molecule has 0 aromatic heterocycles. The van der Waals surface area contributed by atoms with Gasteiger partial charge in [0.2, 0.25) is 0 Å². The van der Waals surface area contributed by atoms with E-state index in [4.69, 9.17) is 4.74 Å². The molecule has 0 aliphatic carbocycles. The minimum atomic E-state index is -0.608. The van der Waals surface area contributed by atoms with Crippen LogP contribution in [-0.2, 0) is 9.53 Å². The standard InChI is InChI=1S/C21H19NO4S/c1-3-26-21(25)18-19(24)17(12-14-7-9-16(23)10-8-14)27-20(18)22-15-6-4-5-13(2)11-15/h4-12,23-24H,3H2,1-2H3/b17-12+,22-20?. The Hall–Kier alpha value is -2.99. The highest BCUT2D eigenvalue weighted by molar-refractivity contribution is 8.18. The first-order valence-electron chi connectivity index (χ1n) is 8.43. The van der Waals surface area contributed by atoms with Crippen LogP contribution < -0.4 is 0 Å². The summed E-state index contributed by atoms with van der Waals surface area (Å²) in [5.41, 5.74) is 2.58. The summed E-state index contributed by atoms with van der Waals surface area (Å²) < 4.78 is 5.09. The van der Waals surface area contributed by atoms with Gasteiger partial charge in [-0.3, -0.25) is 0 Å². The van der Waals surface area contributed by atoms with E-state index in [0.29, 0.717) is 15.6 Å². The van der Waals surface area contributed by atoms with Crippen molar-refractivity contribution in [2.45, 2.75) is 13.8 Å². The van der Waals surface area contributed by atoms with Crippen molar-refractivity contribution in [1.29, 1.82) is 0 Å². The highest BCUT2D eigenvalue weighted by Crippen LogP contribution is 2.40. The lowest BCUT2D eigenvalue weighted by molar-refractivity contribution is -0.138. The third-order valence-electron chi connectivity index (χ3n) is 3.79. The molecule has 0 amide bonds. The van der Waals surface area contributed by atoms with Gasteiger partial charge in [-0.05, 0) is 55.3 Å². The molecule has 1 heterocycles. The number of esters is 1. The van der Waals surface area contributed by atoms with E-state index >= 15 is 0 Å². The molecule has 1 aliphatic rings. The van der Waals surface area contributed by atoms with Gasteiger partial charge in [0.1, 0.15) is 22.1 Å². The van der Waals surface area contributed by atoms with E-state index in [9.17, 15) is 15.0 Å². The number of carbonyl (C=O) groups is 1. The SMILES string of the molecule is CCOC(=O)C1=C(O)/C(=C\c2ccc(O)cc2)SC1=Nc1cccc(C)c1. The molecule has 0 saturated heterocycles. The molecule has 5 nitrogen and oxygen atoms in total. The van der Waals surface area contributed by atoms with Gasteiger partial charge in [-0.15, -0.1) is 0 Å². The first-order valence-corrected chi connectivity index (χ1v) is 9.24. The highest BCUT2D eigenvalue weighted by Gasteiger charge is 2.33. The number of aliphatic hydroxyl groups excluding tert-OH is 1. The van der Waals surface area contributed by atoms with Crippen molar-refractivity contribution in [3.8, 4) is 5.75 Å². The minimum absolute atomic E-state index is 0.0633. The molecule has 27 heavy (non-hydrogen) atoms. The lowest BCUT2D eigenvalue weighted by Gasteiger charge is -2.04. The Morgan fingerprint density at radius 1 is 1.19 bits per heavy atom. The molecule has 138 valence electrons. The summed E-state index contributed by atoms with van der Waals surface area (Å²) in [6.45, 7) is 3.87. The normalized spacial score (nSPS) is 17.0. The number of rotatable bonds is 4. The predicted molar refractivity (Wildman–Crippen MR) is 108 cm³/mol. The van der Waals surface area contributed by atoms with Crippen LogP contribution in [0.25, 0.3) is 6.08 Å². The monoisotopic (exact) mass is 381 g/mol. The number of aliphatic hydroxyl groups is 1. The smallest absolute Gasteiger partial charge is 0.344 e. The summed E-state index contributed by atoms with van der Waals surface area (Å²) in [5, 5.41) is 20.4. The maximum atomic E-state index is 12.4. The fraction of sp³-hybridized carbons (Fsp3) is 0.143. The molecule has 0 bridgehead atoms. The van der Waals surface area contributed by atoms with Crippen LogP contribution in [0.1, 0.15) is 18.1 Å². The third kappa shape index (κ3) is 4.41. The molecule has 6 heteroatoms. The summed E-state index contributed by atoms with van der Waals surface area (Å²) in [6, 6.07) is 14.1. The number of thioether (sulfide) groups is 1. The number of ether oxygens (including phenoxy) is 1. The van der Waals surface area contributed by atoms with E-state index in [1.54, 1.807) is 37.3 Å². The molecule has 0 fully saturated rings. The van der Waals surface area contributed by atoms with Crippen LogP contribution in [-0.4, -0.2) is 27.8 Å². The van der Waals surface area contributed by atoms with Crippen molar-refractivity contribution >= 4 is 34.5 Å². The van der Waals surface area contributed by atoms with E-state index < -0.39 is 5.97 Å². The lowest BCUT2D eigenvalue weighted by Crippen LogP contribution is -2.12. The van der Waals surface area contributed by atoms with Gasteiger partial charge in [0, 0.05) is 0 Å². The molecule has 0 spiro atoms. The Bertz CT molecular complexity index is 958. The topological polar surface area (TPSA) is 79.1 Å². The van der Waals surface area contributed by atoms with Crippen LogP contribution in [0.15, 0.2) is 69.8 Å². The maximum Gasteiger partial charge on any atom is 0.344 e. The zero-order valence-corrected chi connectivity index (χ0v) is 15.8. The molecule has 1 aliphatic heterocycles. The van der Waals surface area contributed by atoms with Gasteiger partial charge in [-0.25, -0.2) is 9.79 Å². The number of aryl methyl sites for hydroxylation is 1. The third-order valence-corrected chi connectivity index (χ3v) is 4.81. The quantitative estimate of drug-likeness (QED) is 0.737. The molecule has 0 unspecified atom stereocenters. The Labute approximate surface area is 161 Å². The van der Waals surface area contributed by atoms with Crippen molar-refractivity contribution < 1.29 is 19.7 Å². The van der Waals surface area contributed by atoms with Gasteiger partial charge in [0.15, 0.2) is 0 Å². The first-order chi connectivity index (χ1) is 13.0. The van der Waals surface area contributed by atoms with Gasteiger partial charge in [0.05, 0.1) is 17.2 Å². The minimum Gasteiger partial charge on any atom is -0.508 e. The van der Waals surface area contributed by atoms with Crippen LogP contribution >= 0.6 is 11.8 Å². The summed E-state index contributed by atoms with van der Waals surface area (Å²) in [6.07, 6.45) is 1.73. The number of hydrogen-bond donors (Lipinski definition) is 2. The van der Waals surface area contributed by atoms with Crippen molar-refractivity contribution in [2.75, 3.05) is 6.61 Å². The molecule has 2 aromatic carbocycles. The zero-order valence-electron chi connectivity index (χ0n) is 15.0. The van der Waals surface area contributed by atoms with Crippen molar-refractivity contribution in [2.24, 2.45) is 4.99 Å². The molecule has 2 aromatic rings. The van der Waals surface area contributed by atoms with Crippen molar-refractivity contribution in [3.05, 3.63) is 75.9 Å². The Morgan fingerprint density at radius 2 is 1.93 bits per heavy atom. The average Bonchev–Trinajstić information content (AvgIpc) is 2.92. The number of nitrogens with zero attached hydrogens (tertiary/aromatic N) is 1. The maximum absolute atomic E-state index is 12.4. The van der Waals surface area contributed by atoms with Crippen molar-refractivity contribution in [1.82, 2.24) is 0 Å². The Balaban J connectivity index is 2.03. The number of phenolic OH excluding ortho intramolecular Hbond substituents is 1. The summed E-state index contributed by atoms with van der Waals surface area (Å²) in [4.78, 5) is 17.4. The summed E-state index contributed by atoms with van der Waals surface area (Å²) in [5.74, 6) is -0.606. The number of phenols is 1. The number of carbonyl (C=O) groups excluding carboxylic acids is 1. The van der Waals surface area contributed by atoms with E-state index in [1.165, 1.54) is 11.8 Å². The molecule has 0 atom stereocenters. The second kappa shape index (κ2) is 8.14. The highest BCUT2D eigenvalue weighted by atomic mass is 32.2. The number of aromatic hydroxyl groups is 1. The zero-order chi connectivity index (χ0) is 19.4. The average molecular weight is 381 g/mol. The molecular formula is C21H19NO4S. The molecule has 0 radical (unpaired) electrons. The van der Waals surface area contributed by atoms with E-state index in [-0.39, 0.29) is 23.7 Å². The van der Waals surface area contributed by atoms with Crippen molar-refractivity contribution in [3.63, 3.8) is 0 Å². The number of hydrogen-bond acceptors (Lipinski definition) is 6. The van der Waals surface area contributed by atoms with Crippen LogP contribution in [0, 0.1) is 6.92 Å².